The number of fused-ring (bicyclic) bond motifs is 1. The zero-order valence-electron chi connectivity index (χ0n) is 29.5. The van der Waals surface area contributed by atoms with Crippen LogP contribution in [0.3, 0.4) is 0 Å². The minimum atomic E-state index is -1.26. The molecule has 0 spiro atoms. The van der Waals surface area contributed by atoms with Gasteiger partial charge in [0.15, 0.2) is 0 Å². The molecule has 4 atom stereocenters. The summed E-state index contributed by atoms with van der Waals surface area (Å²) in [6.07, 6.45) is 1.54. The third kappa shape index (κ3) is 7.77. The SMILES string of the molecule is COc1cc2ncnc(Nc3c(F)cccc3F)c2cc1NC(=O)[C@@H]1CCCN1C(=O)C(C)(C)[C@H](C)N[C@@H](C(C=O)N(C)C(=O)O)C(C)(C)C. The average molecular weight is 698 g/mol. The number of likely N-dealkylation sites (tertiary alicyclic amines) is 1. The molecule has 0 aliphatic carbocycles. The van der Waals surface area contributed by atoms with Gasteiger partial charge in [-0.05, 0) is 57.2 Å². The minimum absolute atomic E-state index is 0.0954. The van der Waals surface area contributed by atoms with Gasteiger partial charge in [0.1, 0.15) is 53.6 Å². The maximum absolute atomic E-state index is 14.4. The van der Waals surface area contributed by atoms with Crippen LogP contribution in [0.5, 0.6) is 5.75 Å². The maximum Gasteiger partial charge on any atom is 0.407 e. The molecule has 1 aliphatic rings. The van der Waals surface area contributed by atoms with Gasteiger partial charge in [0, 0.05) is 37.1 Å². The van der Waals surface area contributed by atoms with Gasteiger partial charge in [-0.2, -0.15) is 0 Å². The van der Waals surface area contributed by atoms with E-state index in [-0.39, 0.29) is 23.2 Å². The van der Waals surface area contributed by atoms with Gasteiger partial charge in [0.2, 0.25) is 11.8 Å². The molecule has 13 nitrogen and oxygen atoms in total. The minimum Gasteiger partial charge on any atom is -0.494 e. The quantitative estimate of drug-likeness (QED) is 0.185. The number of nitrogens with zero attached hydrogens (tertiary/aromatic N) is 4. The van der Waals surface area contributed by atoms with E-state index in [2.05, 4.69) is 25.9 Å². The van der Waals surface area contributed by atoms with Crippen molar-refractivity contribution in [3.8, 4) is 5.75 Å². The highest BCUT2D eigenvalue weighted by molar-refractivity contribution is 6.02. The molecule has 15 heteroatoms. The van der Waals surface area contributed by atoms with Crippen molar-refractivity contribution in [2.45, 2.75) is 78.6 Å². The molecule has 0 bridgehead atoms. The van der Waals surface area contributed by atoms with Gasteiger partial charge in [-0.15, -0.1) is 0 Å². The van der Waals surface area contributed by atoms with Crippen LogP contribution >= 0.6 is 0 Å². The lowest BCUT2D eigenvalue weighted by atomic mass is 9.78. The second kappa shape index (κ2) is 14.9. The summed E-state index contributed by atoms with van der Waals surface area (Å²) in [6, 6.07) is 3.53. The molecule has 2 aromatic carbocycles. The van der Waals surface area contributed by atoms with Crippen LogP contribution in [0.25, 0.3) is 10.9 Å². The Hall–Kier alpha value is -4.92. The number of anilines is 3. The van der Waals surface area contributed by atoms with Gasteiger partial charge in [0.05, 0.1) is 23.7 Å². The maximum atomic E-state index is 14.4. The fraction of sp³-hybridized carbons (Fsp3) is 0.486. The smallest absolute Gasteiger partial charge is 0.407 e. The number of hydrogen-bond donors (Lipinski definition) is 4. The number of carbonyl (C=O) groups is 4. The first-order chi connectivity index (χ1) is 23.4. The molecule has 4 N–H and O–H groups in total. The lowest BCUT2D eigenvalue weighted by molar-refractivity contribution is -0.145. The Labute approximate surface area is 289 Å². The summed E-state index contributed by atoms with van der Waals surface area (Å²) in [6.45, 7) is 11.3. The van der Waals surface area contributed by atoms with Crippen LogP contribution in [0.1, 0.15) is 54.4 Å². The number of ether oxygens (including phenoxy) is 1. The van der Waals surface area contributed by atoms with E-state index in [1.54, 1.807) is 26.8 Å². The normalized spacial score (nSPS) is 16.8. The topological polar surface area (TPSA) is 166 Å². The lowest BCUT2D eigenvalue weighted by Crippen LogP contribution is -2.62. The zero-order valence-corrected chi connectivity index (χ0v) is 29.5. The van der Waals surface area contributed by atoms with Gasteiger partial charge in [-0.1, -0.05) is 26.8 Å². The van der Waals surface area contributed by atoms with Crippen LogP contribution in [0.15, 0.2) is 36.7 Å². The monoisotopic (exact) mass is 697 g/mol. The van der Waals surface area contributed by atoms with E-state index in [4.69, 9.17) is 4.74 Å². The van der Waals surface area contributed by atoms with Crippen LogP contribution in [0.2, 0.25) is 0 Å². The summed E-state index contributed by atoms with van der Waals surface area (Å²) < 4.78 is 34.4. The van der Waals surface area contributed by atoms with E-state index < -0.39 is 64.3 Å². The second-order valence-corrected chi connectivity index (χ2v) is 14.1. The fourth-order valence-corrected chi connectivity index (χ4v) is 6.10. The Morgan fingerprint density at radius 3 is 2.36 bits per heavy atom. The largest absolute Gasteiger partial charge is 0.494 e. The van der Waals surface area contributed by atoms with Crippen molar-refractivity contribution in [1.82, 2.24) is 25.1 Å². The summed E-state index contributed by atoms with van der Waals surface area (Å²) in [4.78, 5) is 62.8. The van der Waals surface area contributed by atoms with E-state index in [9.17, 15) is 33.1 Å². The number of carbonyl (C=O) groups excluding carboxylic acids is 3. The molecule has 1 saturated heterocycles. The van der Waals surface area contributed by atoms with Crippen molar-refractivity contribution in [3.05, 3.63) is 48.3 Å². The molecule has 1 fully saturated rings. The van der Waals surface area contributed by atoms with Crippen molar-refractivity contribution in [1.29, 1.82) is 0 Å². The highest BCUT2D eigenvalue weighted by Gasteiger charge is 2.46. The van der Waals surface area contributed by atoms with E-state index in [0.29, 0.717) is 36.6 Å². The lowest BCUT2D eigenvalue weighted by Gasteiger charge is -2.44. The zero-order chi connectivity index (χ0) is 37.1. The molecule has 270 valence electrons. The Bertz CT molecular complexity index is 1750. The number of nitrogens with one attached hydrogen (secondary N) is 3. The van der Waals surface area contributed by atoms with Gasteiger partial charge in [-0.25, -0.2) is 23.5 Å². The van der Waals surface area contributed by atoms with Crippen molar-refractivity contribution < 1.29 is 37.8 Å². The number of para-hydroxylation sites is 1. The summed E-state index contributed by atoms with van der Waals surface area (Å²) >= 11 is 0. The first kappa shape index (κ1) is 37.9. The highest BCUT2D eigenvalue weighted by Crippen LogP contribution is 2.36. The molecule has 2 heterocycles. The number of aromatic nitrogens is 2. The summed E-state index contributed by atoms with van der Waals surface area (Å²) in [5.41, 5.74) is -1.43. The molecule has 1 unspecified atom stereocenters. The number of halogens is 2. The van der Waals surface area contributed by atoms with Gasteiger partial charge in [0.25, 0.3) is 0 Å². The highest BCUT2D eigenvalue weighted by atomic mass is 19.1. The van der Waals surface area contributed by atoms with Gasteiger partial charge >= 0.3 is 6.09 Å². The van der Waals surface area contributed by atoms with E-state index in [0.717, 1.165) is 17.0 Å². The molecule has 3 aromatic rings. The molecule has 4 rings (SSSR count). The first-order valence-electron chi connectivity index (χ1n) is 16.2. The Morgan fingerprint density at radius 2 is 1.78 bits per heavy atom. The van der Waals surface area contributed by atoms with Crippen LogP contribution in [-0.4, -0.2) is 93.9 Å². The van der Waals surface area contributed by atoms with Crippen LogP contribution in [0, 0.1) is 22.5 Å². The third-order valence-corrected chi connectivity index (χ3v) is 9.46. The summed E-state index contributed by atoms with van der Waals surface area (Å²) in [7, 11) is 2.75. The fourth-order valence-electron chi connectivity index (χ4n) is 6.10. The number of amides is 3. The number of hydrogen-bond acceptors (Lipinski definition) is 9. The third-order valence-electron chi connectivity index (χ3n) is 9.46. The van der Waals surface area contributed by atoms with Crippen molar-refractivity contribution >= 4 is 52.3 Å². The van der Waals surface area contributed by atoms with Crippen LogP contribution < -0.4 is 20.7 Å². The predicted molar refractivity (Wildman–Crippen MR) is 184 cm³/mol. The Kier molecular flexibility index (Phi) is 11.3. The molecule has 1 aromatic heterocycles. The first-order valence-corrected chi connectivity index (χ1v) is 16.2. The van der Waals surface area contributed by atoms with E-state index >= 15 is 0 Å². The van der Waals surface area contributed by atoms with Crippen LogP contribution in [0.4, 0.5) is 30.8 Å². The number of carboxylic acid groups (broad SMARTS) is 1. The molecular weight excluding hydrogens is 652 g/mol. The summed E-state index contributed by atoms with van der Waals surface area (Å²) in [5, 5.41) is 18.9. The number of methoxy groups -OCH3 is 1. The molecule has 0 saturated carbocycles. The molecule has 1 aliphatic heterocycles. The number of rotatable bonds is 12. The molecular formula is C35H45F2N7O6. The standard InChI is InChI=1S/C35H45F2N7O6/c1-19(40-29(34(2,3)4)26(17-45)43(7)33(48)49)35(5,6)32(47)44-14-10-13-25(44)31(46)41-24-15-20-23(16-27(24)50-8)38-18-39-30(20)42-28-21(36)11-9-12-22(28)37/h9,11-12,15-19,25-26,29,40H,10,13-14H2,1-8H3,(H,41,46)(H,48,49)(H,38,39,42)/t19-,25-,26?,29-/m0/s1. The molecule has 3 amide bonds. The second-order valence-electron chi connectivity index (χ2n) is 14.1. The van der Waals surface area contributed by atoms with Gasteiger partial charge in [-0.3, -0.25) is 9.59 Å². The average Bonchev–Trinajstić information content (AvgIpc) is 3.55. The Balaban J connectivity index is 1.58. The molecule has 50 heavy (non-hydrogen) atoms. The van der Waals surface area contributed by atoms with Crippen molar-refractivity contribution in [2.24, 2.45) is 10.8 Å². The molecule has 0 radical (unpaired) electrons. The predicted octanol–water partition coefficient (Wildman–Crippen LogP) is 5.19. The summed E-state index contributed by atoms with van der Waals surface area (Å²) in [5.74, 6) is -2.03. The number of benzene rings is 2. The Morgan fingerprint density at radius 1 is 1.12 bits per heavy atom. The van der Waals surface area contributed by atoms with Crippen LogP contribution in [-0.2, 0) is 14.4 Å². The number of aldehydes is 1. The van der Waals surface area contributed by atoms with E-state index in [1.165, 1.54) is 37.5 Å². The van der Waals surface area contributed by atoms with Crippen molar-refractivity contribution in [2.75, 3.05) is 31.3 Å². The van der Waals surface area contributed by atoms with E-state index in [1.807, 2.05) is 20.8 Å². The van der Waals surface area contributed by atoms with Gasteiger partial charge < -0.3 is 40.4 Å². The van der Waals surface area contributed by atoms with Crippen molar-refractivity contribution in [3.63, 3.8) is 0 Å². The number of likely N-dealkylation sites (N-methyl/N-ethyl adjacent to an activating group) is 1.